The number of aromatic nitrogens is 3. The maximum Gasteiger partial charge on any atom is 0.164 e. The lowest BCUT2D eigenvalue weighted by molar-refractivity contribution is 0.669. The molecule has 2 aromatic heterocycles. The van der Waals surface area contributed by atoms with Gasteiger partial charge in [-0.2, -0.15) is 0 Å². The van der Waals surface area contributed by atoms with Crippen LogP contribution in [0.1, 0.15) is 15.1 Å². The number of benzene rings is 7. The van der Waals surface area contributed by atoms with Crippen LogP contribution in [-0.4, -0.2) is 15.0 Å². The fraction of sp³-hybridized carbons (Fsp3) is 0. The van der Waals surface area contributed by atoms with Gasteiger partial charge in [0.1, 0.15) is 11.2 Å². The molecule has 0 saturated heterocycles. The van der Waals surface area contributed by atoms with Crippen molar-refractivity contribution >= 4 is 21.9 Å². The third-order valence-electron chi connectivity index (χ3n) is 8.10. The Hall–Kier alpha value is -6.65. The monoisotopic (exact) mass is 638 g/mol. The molecular weight excluding hydrogens is 599 g/mol. The minimum atomic E-state index is -0.684. The lowest BCUT2D eigenvalue weighted by Gasteiger charge is -2.10. The van der Waals surface area contributed by atoms with Crippen LogP contribution in [0.4, 0.5) is 0 Å². The summed E-state index contributed by atoms with van der Waals surface area (Å²) in [6, 6.07) is 28.3. The highest BCUT2D eigenvalue weighted by molar-refractivity contribution is 6.07. The molecule has 9 aromatic rings. The number of hydrogen-bond donors (Lipinski definition) is 0. The van der Waals surface area contributed by atoms with Gasteiger partial charge in [-0.1, -0.05) is 145 Å². The van der Waals surface area contributed by atoms with Gasteiger partial charge in [0.25, 0.3) is 0 Å². The average Bonchev–Trinajstić information content (AvgIpc) is 3.70. The van der Waals surface area contributed by atoms with Crippen LogP contribution in [0.5, 0.6) is 0 Å². The quantitative estimate of drug-likeness (QED) is 0.182. The molecule has 0 fully saturated rings. The van der Waals surface area contributed by atoms with Gasteiger partial charge < -0.3 is 4.42 Å². The van der Waals surface area contributed by atoms with E-state index in [0.29, 0.717) is 11.1 Å². The molecule has 4 nitrogen and oxygen atoms in total. The van der Waals surface area contributed by atoms with Gasteiger partial charge >= 0.3 is 0 Å². The number of rotatable bonds is 6. The predicted octanol–water partition coefficient (Wildman–Crippen LogP) is 11.8. The largest absolute Gasteiger partial charge is 0.456 e. The first kappa shape index (κ1) is 19.2. The second-order valence-electron chi connectivity index (χ2n) is 11.2. The molecule has 4 heteroatoms. The van der Waals surface area contributed by atoms with Crippen molar-refractivity contribution in [2.24, 2.45) is 0 Å². The summed E-state index contributed by atoms with van der Waals surface area (Å²) in [6.45, 7) is 0. The Balaban J connectivity index is 1.28. The van der Waals surface area contributed by atoms with Crippen LogP contribution < -0.4 is 0 Å². The van der Waals surface area contributed by atoms with E-state index >= 15 is 0 Å². The van der Waals surface area contributed by atoms with Gasteiger partial charge in [-0.05, 0) is 63.6 Å². The highest BCUT2D eigenvalue weighted by Crippen LogP contribution is 2.35. The Kier molecular flexibility index (Phi) is 4.78. The summed E-state index contributed by atoms with van der Waals surface area (Å²) in [5.41, 5.74) is 3.42. The first-order valence-corrected chi connectivity index (χ1v) is 15.5. The Labute approximate surface area is 299 Å². The minimum Gasteiger partial charge on any atom is -0.456 e. The molecule has 0 spiro atoms. The van der Waals surface area contributed by atoms with Crippen molar-refractivity contribution in [3.8, 4) is 67.5 Å². The zero-order valence-corrected chi connectivity index (χ0v) is 25.6. The van der Waals surface area contributed by atoms with Crippen molar-refractivity contribution < 1.29 is 19.5 Å². The molecule has 0 atom stereocenters. The molecule has 2 heterocycles. The Morgan fingerprint density at radius 3 is 1.67 bits per heavy atom. The topological polar surface area (TPSA) is 51.8 Å². The summed E-state index contributed by atoms with van der Waals surface area (Å²) in [7, 11) is 0. The maximum atomic E-state index is 9.43. The maximum absolute atomic E-state index is 9.43. The first-order chi connectivity index (χ1) is 28.8. The van der Waals surface area contributed by atoms with Crippen molar-refractivity contribution in [3.05, 3.63) is 176 Å². The number of hydrogen-bond acceptors (Lipinski definition) is 4. The van der Waals surface area contributed by atoms with E-state index in [1.807, 2.05) is 109 Å². The molecule has 9 rings (SSSR count). The van der Waals surface area contributed by atoms with Crippen molar-refractivity contribution in [3.63, 3.8) is 0 Å². The fourth-order valence-electron chi connectivity index (χ4n) is 5.66. The lowest BCUT2D eigenvalue weighted by atomic mass is 10.0. The molecule has 0 bridgehead atoms. The molecule has 0 aliphatic heterocycles. The van der Waals surface area contributed by atoms with E-state index in [0.717, 1.165) is 22.3 Å². The Morgan fingerprint density at radius 1 is 0.367 bits per heavy atom. The number of nitrogens with zero attached hydrogens (tertiary/aromatic N) is 3. The molecular formula is C45H29N3O. The number of furan rings is 1. The molecule has 230 valence electrons. The van der Waals surface area contributed by atoms with Gasteiger partial charge in [0.15, 0.2) is 17.5 Å². The van der Waals surface area contributed by atoms with Gasteiger partial charge in [0.05, 0.1) is 15.1 Å². The summed E-state index contributed by atoms with van der Waals surface area (Å²) in [6.07, 6.45) is 0. The van der Waals surface area contributed by atoms with E-state index in [4.69, 9.17) is 29.0 Å². The third-order valence-corrected chi connectivity index (χ3v) is 8.10. The van der Waals surface area contributed by atoms with Crippen LogP contribution in [0.25, 0.3) is 89.5 Å². The van der Waals surface area contributed by atoms with Crippen molar-refractivity contribution in [1.29, 1.82) is 0 Å². The summed E-state index contributed by atoms with van der Waals surface area (Å²) in [4.78, 5) is 14.4. The molecule has 0 aliphatic carbocycles. The molecule has 49 heavy (non-hydrogen) atoms. The molecule has 7 aromatic carbocycles. The molecule has 0 amide bonds. The van der Waals surface area contributed by atoms with E-state index in [1.165, 1.54) is 0 Å². The SMILES string of the molecule is [2H]c1c([2H])c([2H])c(-c2c([2H])c([2H])c3oc4c([2H])c(-c5nc(-c6ccc(-c7ccccc7)cc6)nc(-c6cccc(-c7ccccc7)c6)n5)c([2H])c([2H])c4c3c2[2H])c([2H])c1[2H]. The lowest BCUT2D eigenvalue weighted by Crippen LogP contribution is -2.00. The van der Waals surface area contributed by atoms with Gasteiger partial charge in [0, 0.05) is 27.5 Å². The fourth-order valence-corrected chi connectivity index (χ4v) is 5.66. The highest BCUT2D eigenvalue weighted by Gasteiger charge is 2.16. The van der Waals surface area contributed by atoms with Crippen LogP contribution in [0.2, 0.25) is 0 Å². The normalized spacial score (nSPS) is 14.4. The summed E-state index contributed by atoms with van der Waals surface area (Å²) in [5.74, 6) is 0.369. The van der Waals surface area contributed by atoms with Crippen molar-refractivity contribution in [2.75, 3.05) is 0 Å². The molecule has 0 N–H and O–H groups in total. The standard InChI is InChI=1S/C45H29N3O/c1-4-11-30(12-5-1)33-19-21-34(22-20-33)43-46-44(37-18-10-17-35(27-37)31-13-6-2-7-14-31)48-45(47-43)38-23-25-39-40-28-36(32-15-8-3-9-16-32)24-26-41(40)49-42(39)29-38/h1-29H/i3D,8D,9D,15D,16D,23D,24D,25D,26D,28D,29D. The summed E-state index contributed by atoms with van der Waals surface area (Å²) >= 11 is 0. The minimum absolute atomic E-state index is 0.101. The van der Waals surface area contributed by atoms with Gasteiger partial charge in [-0.15, -0.1) is 0 Å². The van der Waals surface area contributed by atoms with Crippen LogP contribution in [-0.2, 0) is 0 Å². The average molecular weight is 639 g/mol. The van der Waals surface area contributed by atoms with E-state index in [9.17, 15) is 5.48 Å². The van der Waals surface area contributed by atoms with Crippen LogP contribution in [0.3, 0.4) is 0 Å². The van der Waals surface area contributed by atoms with Gasteiger partial charge in [-0.25, -0.2) is 15.0 Å². The highest BCUT2D eigenvalue weighted by atomic mass is 16.3. The Morgan fingerprint density at radius 2 is 0.939 bits per heavy atom. The van der Waals surface area contributed by atoms with Crippen molar-refractivity contribution in [1.82, 2.24) is 15.0 Å². The molecule has 0 saturated carbocycles. The van der Waals surface area contributed by atoms with Crippen LogP contribution in [0.15, 0.2) is 180 Å². The third kappa shape index (κ3) is 5.56. The van der Waals surface area contributed by atoms with Crippen LogP contribution >= 0.6 is 0 Å². The summed E-state index contributed by atoms with van der Waals surface area (Å²) in [5, 5.41) is -0.392. The van der Waals surface area contributed by atoms with E-state index in [1.54, 1.807) is 0 Å². The predicted molar refractivity (Wildman–Crippen MR) is 200 cm³/mol. The summed E-state index contributed by atoms with van der Waals surface area (Å²) < 4.78 is 102. The van der Waals surface area contributed by atoms with E-state index in [2.05, 4.69) is 0 Å². The molecule has 0 radical (unpaired) electrons. The molecule has 0 aliphatic rings. The first-order valence-electron chi connectivity index (χ1n) is 21.0. The van der Waals surface area contributed by atoms with Gasteiger partial charge in [0.2, 0.25) is 0 Å². The van der Waals surface area contributed by atoms with E-state index in [-0.39, 0.29) is 45.0 Å². The van der Waals surface area contributed by atoms with Crippen LogP contribution in [0, 0.1) is 0 Å². The molecule has 0 unspecified atom stereocenters. The zero-order chi connectivity index (χ0) is 42.1. The number of fused-ring (bicyclic) bond motifs is 3. The second kappa shape index (κ2) is 12.2. The van der Waals surface area contributed by atoms with E-state index < -0.39 is 77.6 Å². The smallest absolute Gasteiger partial charge is 0.164 e. The second-order valence-corrected chi connectivity index (χ2v) is 11.2. The van der Waals surface area contributed by atoms with Gasteiger partial charge in [-0.3, -0.25) is 0 Å². The zero-order valence-electron chi connectivity index (χ0n) is 36.6. The Bertz CT molecular complexity index is 3180. The van der Waals surface area contributed by atoms with Crippen molar-refractivity contribution in [2.45, 2.75) is 0 Å².